The standard InChI is InChI=1S/C14H26N4O/c1-6-11-12(8-15)14(17-16-13(11)7-2)18(4)10(3)9-19-5/h10H,6-9,15H2,1-5H3. The summed E-state index contributed by atoms with van der Waals surface area (Å²) >= 11 is 0. The maximum atomic E-state index is 5.94. The quantitative estimate of drug-likeness (QED) is 0.811. The molecule has 19 heavy (non-hydrogen) atoms. The molecule has 1 aromatic rings. The van der Waals surface area contributed by atoms with Gasteiger partial charge in [-0.2, -0.15) is 5.10 Å². The van der Waals surface area contributed by atoms with E-state index in [4.69, 9.17) is 10.5 Å². The van der Waals surface area contributed by atoms with Crippen molar-refractivity contribution in [3.05, 3.63) is 16.8 Å². The lowest BCUT2D eigenvalue weighted by atomic mass is 10.0. The zero-order valence-corrected chi connectivity index (χ0v) is 12.7. The van der Waals surface area contributed by atoms with Crippen LogP contribution in [0.5, 0.6) is 0 Å². The molecule has 1 aromatic heterocycles. The fraction of sp³-hybridized carbons (Fsp3) is 0.714. The Kier molecular flexibility index (Phi) is 6.18. The number of aromatic nitrogens is 2. The highest BCUT2D eigenvalue weighted by Gasteiger charge is 2.19. The second-order valence-corrected chi connectivity index (χ2v) is 4.75. The van der Waals surface area contributed by atoms with E-state index >= 15 is 0 Å². The summed E-state index contributed by atoms with van der Waals surface area (Å²) in [7, 11) is 3.72. The van der Waals surface area contributed by atoms with Crippen LogP contribution >= 0.6 is 0 Å². The Labute approximate surface area is 116 Å². The van der Waals surface area contributed by atoms with Gasteiger partial charge in [0.15, 0.2) is 5.82 Å². The van der Waals surface area contributed by atoms with Gasteiger partial charge in [-0.3, -0.25) is 0 Å². The van der Waals surface area contributed by atoms with Crippen molar-refractivity contribution >= 4 is 5.82 Å². The zero-order valence-electron chi connectivity index (χ0n) is 12.7. The van der Waals surface area contributed by atoms with Crippen molar-refractivity contribution in [2.24, 2.45) is 5.73 Å². The molecule has 0 saturated heterocycles. The van der Waals surface area contributed by atoms with Gasteiger partial charge in [0.05, 0.1) is 18.3 Å². The van der Waals surface area contributed by atoms with Crippen LogP contribution in [0.2, 0.25) is 0 Å². The summed E-state index contributed by atoms with van der Waals surface area (Å²) in [5.74, 6) is 0.876. The topological polar surface area (TPSA) is 64.3 Å². The molecule has 1 rings (SSSR count). The first-order valence-corrected chi connectivity index (χ1v) is 6.89. The van der Waals surface area contributed by atoms with Crippen LogP contribution in [0.25, 0.3) is 0 Å². The number of methoxy groups -OCH3 is 1. The first-order valence-electron chi connectivity index (χ1n) is 6.89. The molecule has 0 aliphatic rings. The molecule has 0 aliphatic heterocycles. The normalized spacial score (nSPS) is 12.5. The number of nitrogens with two attached hydrogens (primary N) is 1. The molecule has 1 atom stereocenters. The van der Waals surface area contributed by atoms with E-state index in [1.807, 2.05) is 7.05 Å². The van der Waals surface area contributed by atoms with Gasteiger partial charge in [-0.1, -0.05) is 13.8 Å². The van der Waals surface area contributed by atoms with Gasteiger partial charge in [0.1, 0.15) is 0 Å². The lowest BCUT2D eigenvalue weighted by Crippen LogP contribution is -2.35. The van der Waals surface area contributed by atoms with Gasteiger partial charge >= 0.3 is 0 Å². The Hall–Kier alpha value is -1.20. The highest BCUT2D eigenvalue weighted by Crippen LogP contribution is 2.24. The molecule has 108 valence electrons. The minimum Gasteiger partial charge on any atom is -0.383 e. The molecule has 2 N–H and O–H groups in total. The van der Waals surface area contributed by atoms with Gasteiger partial charge in [0.2, 0.25) is 0 Å². The van der Waals surface area contributed by atoms with Crippen LogP contribution in [-0.4, -0.2) is 37.0 Å². The molecule has 5 nitrogen and oxygen atoms in total. The Bertz CT molecular complexity index is 409. The predicted octanol–water partition coefficient (Wildman–Crippen LogP) is 1.53. The Morgan fingerprint density at radius 1 is 1.21 bits per heavy atom. The third kappa shape index (κ3) is 3.42. The molecule has 0 aliphatic carbocycles. The number of nitrogens with zero attached hydrogens (tertiary/aromatic N) is 3. The Balaban J connectivity index is 3.20. The lowest BCUT2D eigenvalue weighted by Gasteiger charge is -2.28. The molecule has 0 fully saturated rings. The molecular weight excluding hydrogens is 240 g/mol. The smallest absolute Gasteiger partial charge is 0.156 e. The zero-order chi connectivity index (χ0) is 14.4. The van der Waals surface area contributed by atoms with Crippen LogP contribution in [-0.2, 0) is 24.1 Å². The van der Waals surface area contributed by atoms with E-state index in [2.05, 4.69) is 35.9 Å². The van der Waals surface area contributed by atoms with Crippen LogP contribution in [0.15, 0.2) is 0 Å². The molecule has 0 radical (unpaired) electrons. The van der Waals surface area contributed by atoms with Crippen molar-refractivity contribution in [2.45, 2.75) is 46.2 Å². The third-order valence-electron chi connectivity index (χ3n) is 3.54. The number of likely N-dealkylation sites (N-methyl/N-ethyl adjacent to an activating group) is 1. The van der Waals surface area contributed by atoms with Gasteiger partial charge < -0.3 is 15.4 Å². The van der Waals surface area contributed by atoms with Crippen molar-refractivity contribution in [1.29, 1.82) is 0 Å². The molecule has 1 unspecified atom stereocenters. The molecule has 0 spiro atoms. The van der Waals surface area contributed by atoms with Crippen LogP contribution in [0.4, 0.5) is 5.82 Å². The number of hydrogen-bond acceptors (Lipinski definition) is 5. The largest absolute Gasteiger partial charge is 0.383 e. The maximum absolute atomic E-state index is 5.94. The maximum Gasteiger partial charge on any atom is 0.156 e. The van der Waals surface area contributed by atoms with Crippen LogP contribution in [0.1, 0.15) is 37.6 Å². The molecule has 0 aromatic carbocycles. The highest BCUT2D eigenvalue weighted by atomic mass is 16.5. The second kappa shape index (κ2) is 7.40. The molecule has 0 saturated carbocycles. The van der Waals surface area contributed by atoms with Crippen molar-refractivity contribution in [3.63, 3.8) is 0 Å². The van der Waals surface area contributed by atoms with Gasteiger partial charge in [-0.05, 0) is 25.3 Å². The van der Waals surface area contributed by atoms with Gasteiger partial charge in [0.25, 0.3) is 0 Å². The summed E-state index contributed by atoms with van der Waals surface area (Å²) < 4.78 is 5.20. The van der Waals surface area contributed by atoms with Crippen molar-refractivity contribution in [3.8, 4) is 0 Å². The van der Waals surface area contributed by atoms with Gasteiger partial charge in [-0.15, -0.1) is 5.10 Å². The van der Waals surface area contributed by atoms with E-state index in [1.165, 1.54) is 5.56 Å². The summed E-state index contributed by atoms with van der Waals surface area (Å²) in [6.07, 6.45) is 1.82. The predicted molar refractivity (Wildman–Crippen MR) is 78.4 cm³/mol. The number of ether oxygens (including phenoxy) is 1. The van der Waals surface area contributed by atoms with E-state index in [1.54, 1.807) is 7.11 Å². The van der Waals surface area contributed by atoms with Crippen LogP contribution in [0, 0.1) is 0 Å². The number of anilines is 1. The van der Waals surface area contributed by atoms with E-state index in [0.29, 0.717) is 13.2 Å². The minimum absolute atomic E-state index is 0.238. The van der Waals surface area contributed by atoms with Crippen molar-refractivity contribution in [1.82, 2.24) is 10.2 Å². The first-order chi connectivity index (χ1) is 9.10. The summed E-state index contributed by atoms with van der Waals surface area (Å²) in [6.45, 7) is 7.48. The fourth-order valence-corrected chi connectivity index (χ4v) is 2.30. The van der Waals surface area contributed by atoms with Crippen molar-refractivity contribution < 1.29 is 4.74 Å². The molecule has 5 heteroatoms. The summed E-state index contributed by atoms with van der Waals surface area (Å²) in [5, 5.41) is 8.72. The number of hydrogen-bond donors (Lipinski definition) is 1. The van der Waals surface area contributed by atoms with Gasteiger partial charge in [-0.25, -0.2) is 0 Å². The number of aryl methyl sites for hydroxylation is 1. The summed E-state index contributed by atoms with van der Waals surface area (Å²) in [4.78, 5) is 2.09. The first kappa shape index (κ1) is 15.9. The molecule has 1 heterocycles. The lowest BCUT2D eigenvalue weighted by molar-refractivity contribution is 0.183. The second-order valence-electron chi connectivity index (χ2n) is 4.75. The SMILES string of the molecule is CCc1nnc(N(C)C(C)COC)c(CN)c1CC. The summed E-state index contributed by atoms with van der Waals surface area (Å²) in [6, 6.07) is 0.238. The monoisotopic (exact) mass is 266 g/mol. The Morgan fingerprint density at radius 3 is 2.37 bits per heavy atom. The molecule has 0 bridgehead atoms. The number of rotatable bonds is 7. The molecule has 0 amide bonds. The highest BCUT2D eigenvalue weighted by molar-refractivity contribution is 5.51. The van der Waals surface area contributed by atoms with E-state index in [9.17, 15) is 0 Å². The Morgan fingerprint density at radius 2 is 1.89 bits per heavy atom. The average molecular weight is 266 g/mol. The fourth-order valence-electron chi connectivity index (χ4n) is 2.30. The summed E-state index contributed by atoms with van der Waals surface area (Å²) in [5.41, 5.74) is 9.34. The average Bonchev–Trinajstić information content (AvgIpc) is 2.44. The van der Waals surface area contributed by atoms with Crippen molar-refractivity contribution in [2.75, 3.05) is 25.7 Å². The molecular formula is C14H26N4O. The van der Waals surface area contributed by atoms with Gasteiger partial charge in [0, 0.05) is 26.3 Å². The van der Waals surface area contributed by atoms with E-state index < -0.39 is 0 Å². The minimum atomic E-state index is 0.238. The van der Waals surface area contributed by atoms with Crippen LogP contribution in [0.3, 0.4) is 0 Å². The third-order valence-corrected chi connectivity index (χ3v) is 3.54. The van der Waals surface area contributed by atoms with E-state index in [0.717, 1.165) is 29.9 Å². The van der Waals surface area contributed by atoms with Crippen LogP contribution < -0.4 is 10.6 Å². The van der Waals surface area contributed by atoms with E-state index in [-0.39, 0.29) is 6.04 Å².